The minimum Gasteiger partial charge on any atom is -0.380 e. The molecule has 0 spiro atoms. The van der Waals surface area contributed by atoms with Crippen LogP contribution in [0.5, 0.6) is 0 Å². The van der Waals surface area contributed by atoms with Crippen LogP contribution in [-0.4, -0.2) is 49.8 Å². The Hall–Kier alpha value is -0.120. The van der Waals surface area contributed by atoms with Crippen molar-refractivity contribution in [2.75, 3.05) is 32.8 Å². The van der Waals surface area contributed by atoms with Gasteiger partial charge in [0.25, 0.3) is 0 Å². The molecule has 0 radical (unpaired) electrons. The topological polar surface area (TPSA) is 24.5 Å². The van der Waals surface area contributed by atoms with Crippen molar-refractivity contribution in [3.63, 3.8) is 0 Å². The first kappa shape index (κ1) is 12.3. The van der Waals surface area contributed by atoms with Gasteiger partial charge in [0.2, 0.25) is 0 Å². The summed E-state index contributed by atoms with van der Waals surface area (Å²) in [6.45, 7) is 7.70. The van der Waals surface area contributed by atoms with Gasteiger partial charge in [-0.25, -0.2) is 0 Å². The van der Waals surface area contributed by atoms with E-state index >= 15 is 0 Å². The van der Waals surface area contributed by atoms with Crippen LogP contribution in [0, 0.1) is 0 Å². The Balaban J connectivity index is 1.73. The normalized spacial score (nSPS) is 32.8. The van der Waals surface area contributed by atoms with Gasteiger partial charge in [-0.05, 0) is 38.6 Å². The lowest BCUT2D eigenvalue weighted by atomic mass is 10.2. The van der Waals surface area contributed by atoms with Crippen molar-refractivity contribution in [3.8, 4) is 0 Å². The van der Waals surface area contributed by atoms with Gasteiger partial charge in [-0.3, -0.25) is 4.90 Å². The zero-order chi connectivity index (χ0) is 11.2. The molecule has 1 saturated carbocycles. The van der Waals surface area contributed by atoms with E-state index in [4.69, 9.17) is 4.74 Å². The van der Waals surface area contributed by atoms with Gasteiger partial charge in [-0.2, -0.15) is 0 Å². The first-order chi connectivity index (χ1) is 7.90. The number of hydrogen-bond donors (Lipinski definition) is 1. The zero-order valence-corrected chi connectivity index (χ0v) is 10.6. The van der Waals surface area contributed by atoms with Crippen LogP contribution in [0.15, 0.2) is 0 Å². The molecule has 0 aromatic heterocycles. The maximum absolute atomic E-state index is 5.52. The van der Waals surface area contributed by atoms with Crippen LogP contribution in [0.1, 0.15) is 39.0 Å². The summed E-state index contributed by atoms with van der Waals surface area (Å²) in [7, 11) is 0. The van der Waals surface area contributed by atoms with Gasteiger partial charge >= 0.3 is 0 Å². The van der Waals surface area contributed by atoms with Gasteiger partial charge in [0, 0.05) is 31.8 Å². The molecule has 1 aliphatic carbocycles. The molecule has 0 aromatic carbocycles. The molecule has 1 aliphatic heterocycles. The molecule has 3 nitrogen and oxygen atoms in total. The third-order valence-corrected chi connectivity index (χ3v) is 3.86. The summed E-state index contributed by atoms with van der Waals surface area (Å²) in [4.78, 5) is 2.65. The summed E-state index contributed by atoms with van der Waals surface area (Å²) in [6.07, 6.45) is 6.55. The lowest BCUT2D eigenvalue weighted by Gasteiger charge is -2.26. The van der Waals surface area contributed by atoms with Gasteiger partial charge in [0.05, 0.1) is 6.61 Å². The van der Waals surface area contributed by atoms with E-state index in [2.05, 4.69) is 17.1 Å². The molecule has 0 bridgehead atoms. The van der Waals surface area contributed by atoms with Crippen LogP contribution in [0.2, 0.25) is 0 Å². The molecule has 3 heteroatoms. The highest BCUT2D eigenvalue weighted by atomic mass is 16.5. The highest BCUT2D eigenvalue weighted by Gasteiger charge is 2.28. The van der Waals surface area contributed by atoms with E-state index in [1.54, 1.807) is 0 Å². The Morgan fingerprint density at radius 3 is 3.06 bits per heavy atom. The molecular formula is C13H26N2O. The molecule has 2 fully saturated rings. The molecule has 2 aliphatic rings. The average Bonchev–Trinajstić information content (AvgIpc) is 2.60. The van der Waals surface area contributed by atoms with Crippen molar-refractivity contribution in [3.05, 3.63) is 0 Å². The minimum atomic E-state index is 0.772. The maximum atomic E-state index is 5.52. The first-order valence-electron chi connectivity index (χ1n) is 6.95. The van der Waals surface area contributed by atoms with E-state index in [9.17, 15) is 0 Å². The number of ether oxygens (including phenoxy) is 1. The minimum absolute atomic E-state index is 0.772. The van der Waals surface area contributed by atoms with Crippen LogP contribution < -0.4 is 5.32 Å². The highest BCUT2D eigenvalue weighted by molar-refractivity contribution is 4.87. The molecule has 16 heavy (non-hydrogen) atoms. The molecule has 2 rings (SSSR count). The van der Waals surface area contributed by atoms with Gasteiger partial charge in [-0.1, -0.05) is 6.92 Å². The van der Waals surface area contributed by atoms with E-state index in [1.807, 2.05) is 0 Å². The summed E-state index contributed by atoms with van der Waals surface area (Å²) < 4.78 is 5.52. The molecule has 1 heterocycles. The SMILES string of the molecule is CCCNC1CCC(N2CCCOCC2)C1. The fourth-order valence-corrected chi connectivity index (χ4v) is 2.95. The monoisotopic (exact) mass is 226 g/mol. The number of rotatable bonds is 4. The van der Waals surface area contributed by atoms with Crippen LogP contribution in [0.4, 0.5) is 0 Å². The molecule has 2 unspecified atom stereocenters. The molecular weight excluding hydrogens is 200 g/mol. The van der Waals surface area contributed by atoms with Crippen molar-refractivity contribution in [2.45, 2.75) is 51.1 Å². The Kier molecular flexibility index (Phi) is 5.07. The second-order valence-electron chi connectivity index (χ2n) is 5.12. The van der Waals surface area contributed by atoms with Gasteiger partial charge in [0.15, 0.2) is 0 Å². The van der Waals surface area contributed by atoms with E-state index in [-0.39, 0.29) is 0 Å². The Morgan fingerprint density at radius 2 is 2.19 bits per heavy atom. The van der Waals surface area contributed by atoms with E-state index in [0.29, 0.717) is 0 Å². The summed E-state index contributed by atoms with van der Waals surface area (Å²) in [5.41, 5.74) is 0. The second kappa shape index (κ2) is 6.58. The average molecular weight is 226 g/mol. The fraction of sp³-hybridized carbons (Fsp3) is 1.00. The van der Waals surface area contributed by atoms with Crippen LogP contribution in [0.3, 0.4) is 0 Å². The van der Waals surface area contributed by atoms with Gasteiger partial charge in [-0.15, -0.1) is 0 Å². The zero-order valence-electron chi connectivity index (χ0n) is 10.6. The Morgan fingerprint density at radius 1 is 1.25 bits per heavy atom. The predicted octanol–water partition coefficient (Wildman–Crippen LogP) is 1.63. The van der Waals surface area contributed by atoms with Crippen molar-refractivity contribution in [1.29, 1.82) is 0 Å². The molecule has 1 N–H and O–H groups in total. The Labute approximate surface area is 99.5 Å². The van der Waals surface area contributed by atoms with E-state index < -0.39 is 0 Å². The van der Waals surface area contributed by atoms with Crippen molar-refractivity contribution < 1.29 is 4.74 Å². The van der Waals surface area contributed by atoms with Crippen molar-refractivity contribution >= 4 is 0 Å². The molecule has 1 saturated heterocycles. The number of nitrogens with one attached hydrogen (secondary N) is 1. The third-order valence-electron chi connectivity index (χ3n) is 3.86. The van der Waals surface area contributed by atoms with Crippen LogP contribution in [-0.2, 0) is 4.74 Å². The summed E-state index contributed by atoms with van der Waals surface area (Å²) in [5, 5.41) is 3.66. The van der Waals surface area contributed by atoms with Crippen molar-refractivity contribution in [2.24, 2.45) is 0 Å². The van der Waals surface area contributed by atoms with Gasteiger partial charge in [0.1, 0.15) is 0 Å². The quantitative estimate of drug-likeness (QED) is 0.788. The lowest BCUT2D eigenvalue weighted by Crippen LogP contribution is -2.37. The summed E-state index contributed by atoms with van der Waals surface area (Å²) >= 11 is 0. The van der Waals surface area contributed by atoms with E-state index in [1.165, 1.54) is 45.2 Å². The van der Waals surface area contributed by atoms with Gasteiger partial charge < -0.3 is 10.1 Å². The predicted molar refractivity (Wildman–Crippen MR) is 66.7 cm³/mol. The number of nitrogens with zero attached hydrogens (tertiary/aromatic N) is 1. The van der Waals surface area contributed by atoms with Crippen LogP contribution >= 0.6 is 0 Å². The van der Waals surface area contributed by atoms with E-state index in [0.717, 1.165) is 31.8 Å². The second-order valence-corrected chi connectivity index (χ2v) is 5.12. The molecule has 2 atom stereocenters. The smallest absolute Gasteiger partial charge is 0.0593 e. The molecule has 0 amide bonds. The molecule has 0 aromatic rings. The van der Waals surface area contributed by atoms with Crippen molar-refractivity contribution in [1.82, 2.24) is 10.2 Å². The highest BCUT2D eigenvalue weighted by Crippen LogP contribution is 2.24. The summed E-state index contributed by atoms with van der Waals surface area (Å²) in [5.74, 6) is 0. The standard InChI is InChI=1S/C13H26N2O/c1-2-6-14-12-4-5-13(11-12)15-7-3-9-16-10-8-15/h12-14H,2-11H2,1H3. The van der Waals surface area contributed by atoms with Crippen LogP contribution in [0.25, 0.3) is 0 Å². The molecule has 94 valence electrons. The summed E-state index contributed by atoms with van der Waals surface area (Å²) in [6, 6.07) is 1.59. The third kappa shape index (κ3) is 3.44. The first-order valence-corrected chi connectivity index (χ1v) is 6.95. The Bertz CT molecular complexity index is 190. The maximum Gasteiger partial charge on any atom is 0.0593 e. The number of hydrogen-bond acceptors (Lipinski definition) is 3. The fourth-order valence-electron chi connectivity index (χ4n) is 2.95. The lowest BCUT2D eigenvalue weighted by molar-refractivity contribution is 0.131. The largest absolute Gasteiger partial charge is 0.380 e.